The lowest BCUT2D eigenvalue weighted by Gasteiger charge is -2.30. The summed E-state index contributed by atoms with van der Waals surface area (Å²) in [4.78, 5) is 24.4. The summed E-state index contributed by atoms with van der Waals surface area (Å²) in [6, 6.07) is 14.4. The van der Waals surface area contributed by atoms with Crippen molar-refractivity contribution < 1.29 is 32.2 Å². The number of benzene rings is 2. The average Bonchev–Trinajstić information content (AvgIpc) is 3.56. The number of carbonyl (C=O) groups excluding carboxylic acids is 2. The van der Waals surface area contributed by atoms with E-state index in [0.717, 1.165) is 15.4 Å². The first-order valence-electron chi connectivity index (χ1n) is 10.1. The second-order valence-electron chi connectivity index (χ2n) is 7.68. The van der Waals surface area contributed by atoms with Crippen LogP contribution in [0.5, 0.6) is 0 Å². The number of aryl methyl sites for hydroxylation is 1. The number of hydrogen-bond acceptors (Lipinski definition) is 7. The lowest BCUT2D eigenvalue weighted by Crippen LogP contribution is -2.48. The summed E-state index contributed by atoms with van der Waals surface area (Å²) >= 11 is 0. The summed E-state index contributed by atoms with van der Waals surface area (Å²) in [5, 5.41) is 0. The van der Waals surface area contributed by atoms with Gasteiger partial charge in [-0.1, -0.05) is 48.0 Å². The Labute approximate surface area is 186 Å². The predicted octanol–water partition coefficient (Wildman–Crippen LogP) is 3.31. The van der Waals surface area contributed by atoms with Crippen LogP contribution < -0.4 is 0 Å². The molecule has 1 aliphatic heterocycles. The van der Waals surface area contributed by atoms with Crippen LogP contribution in [0.25, 0.3) is 0 Å². The molecule has 2 aromatic rings. The van der Waals surface area contributed by atoms with Crippen molar-refractivity contribution in [3.63, 3.8) is 0 Å². The quantitative estimate of drug-likeness (QED) is 0.484. The van der Waals surface area contributed by atoms with E-state index in [0.29, 0.717) is 5.76 Å². The van der Waals surface area contributed by atoms with Crippen molar-refractivity contribution in [2.45, 2.75) is 50.0 Å². The molecule has 1 amide bonds. The minimum atomic E-state index is -4.23. The van der Waals surface area contributed by atoms with Crippen LogP contribution in [0.2, 0.25) is 0 Å². The number of hydrogen-bond donors (Lipinski definition) is 0. The van der Waals surface area contributed by atoms with Gasteiger partial charge in [0, 0.05) is 6.92 Å². The first-order valence-corrected chi connectivity index (χ1v) is 11.6. The maximum atomic E-state index is 13.5. The number of esters is 1. The average molecular weight is 458 g/mol. The highest BCUT2D eigenvalue weighted by atomic mass is 32.2. The summed E-state index contributed by atoms with van der Waals surface area (Å²) in [6.45, 7) is 3.04. The maximum Gasteiger partial charge on any atom is 0.424 e. The van der Waals surface area contributed by atoms with Crippen molar-refractivity contribution in [3.8, 4) is 0 Å². The normalized spacial score (nSPS) is 21.7. The number of fused-ring (bicyclic) bond motifs is 1. The van der Waals surface area contributed by atoms with Gasteiger partial charge in [0.05, 0.1) is 10.9 Å². The van der Waals surface area contributed by atoms with Gasteiger partial charge in [-0.05, 0) is 37.1 Å². The number of carbonyl (C=O) groups is 2. The van der Waals surface area contributed by atoms with Gasteiger partial charge in [0.25, 0.3) is 10.0 Å². The van der Waals surface area contributed by atoms with Crippen molar-refractivity contribution in [3.05, 3.63) is 77.6 Å². The number of nitrogens with zero attached hydrogens (tertiary/aromatic N) is 1. The van der Waals surface area contributed by atoms with Gasteiger partial charge in [-0.25, -0.2) is 13.2 Å². The number of rotatable bonds is 6. The molecule has 4 rings (SSSR count). The zero-order valence-corrected chi connectivity index (χ0v) is 18.4. The Kier molecular flexibility index (Phi) is 6.03. The van der Waals surface area contributed by atoms with E-state index in [4.69, 9.17) is 14.2 Å². The summed E-state index contributed by atoms with van der Waals surface area (Å²) in [5.41, 5.74) is 1.62. The van der Waals surface area contributed by atoms with Crippen LogP contribution in [-0.2, 0) is 35.6 Å². The Morgan fingerprint density at radius 3 is 2.44 bits per heavy atom. The van der Waals surface area contributed by atoms with Crippen LogP contribution in [0, 0.1) is 6.92 Å². The molecule has 168 valence electrons. The molecule has 2 aromatic carbocycles. The van der Waals surface area contributed by atoms with Gasteiger partial charge in [-0.2, -0.15) is 4.31 Å². The van der Waals surface area contributed by atoms with E-state index in [-0.39, 0.29) is 17.9 Å². The fraction of sp³-hybridized carbons (Fsp3) is 0.304. The molecule has 0 spiro atoms. The Balaban J connectivity index is 1.63. The van der Waals surface area contributed by atoms with Crippen LogP contribution in [0.15, 0.2) is 71.3 Å². The third kappa shape index (κ3) is 4.53. The van der Waals surface area contributed by atoms with Gasteiger partial charge < -0.3 is 14.2 Å². The lowest BCUT2D eigenvalue weighted by molar-refractivity contribution is -0.137. The van der Waals surface area contributed by atoms with Crippen LogP contribution in [0.4, 0.5) is 4.79 Å². The Bertz CT molecular complexity index is 1140. The van der Waals surface area contributed by atoms with Gasteiger partial charge >= 0.3 is 12.1 Å². The first-order chi connectivity index (χ1) is 15.3. The number of amides is 1. The second kappa shape index (κ2) is 8.76. The molecular formula is C23H23NO7S. The molecule has 0 aromatic heterocycles. The molecule has 1 heterocycles. The summed E-state index contributed by atoms with van der Waals surface area (Å²) in [7, 11) is -4.23. The smallest absolute Gasteiger partial charge is 0.424 e. The van der Waals surface area contributed by atoms with E-state index in [2.05, 4.69) is 0 Å². The second-order valence-corrected chi connectivity index (χ2v) is 9.49. The third-order valence-corrected chi connectivity index (χ3v) is 7.08. The third-order valence-electron chi connectivity index (χ3n) is 5.27. The highest BCUT2D eigenvalue weighted by Gasteiger charge is 2.56. The molecule has 32 heavy (non-hydrogen) atoms. The highest BCUT2D eigenvalue weighted by molar-refractivity contribution is 7.89. The van der Waals surface area contributed by atoms with E-state index in [1.54, 1.807) is 42.5 Å². The van der Waals surface area contributed by atoms with Gasteiger partial charge in [0.1, 0.15) is 24.6 Å². The van der Waals surface area contributed by atoms with Crippen LogP contribution >= 0.6 is 0 Å². The molecule has 0 radical (unpaired) electrons. The zero-order chi connectivity index (χ0) is 22.9. The van der Waals surface area contributed by atoms with E-state index >= 15 is 0 Å². The van der Waals surface area contributed by atoms with Gasteiger partial charge in [0.15, 0.2) is 0 Å². The molecular weight excluding hydrogens is 434 g/mol. The molecule has 0 unspecified atom stereocenters. The summed E-state index contributed by atoms with van der Waals surface area (Å²) < 4.78 is 43.8. The monoisotopic (exact) mass is 457 g/mol. The van der Waals surface area contributed by atoms with Crippen LogP contribution in [-0.4, -0.2) is 43.0 Å². The molecule has 8 nitrogen and oxygen atoms in total. The van der Waals surface area contributed by atoms with Gasteiger partial charge in [-0.3, -0.25) is 4.79 Å². The fourth-order valence-corrected chi connectivity index (χ4v) is 5.16. The molecule has 9 heteroatoms. The molecule has 2 aliphatic rings. The minimum Gasteiger partial charge on any atom is -0.444 e. The van der Waals surface area contributed by atoms with Crippen LogP contribution in [0.3, 0.4) is 0 Å². The first kappa shape index (κ1) is 22.0. The van der Waals surface area contributed by atoms with E-state index in [9.17, 15) is 18.0 Å². The van der Waals surface area contributed by atoms with Crippen molar-refractivity contribution in [2.75, 3.05) is 0 Å². The van der Waals surface area contributed by atoms with E-state index < -0.39 is 40.3 Å². The number of epoxide rings is 1. The minimum absolute atomic E-state index is 0.0216. The van der Waals surface area contributed by atoms with Crippen LogP contribution in [0.1, 0.15) is 24.5 Å². The van der Waals surface area contributed by atoms with Crippen molar-refractivity contribution in [1.82, 2.24) is 4.31 Å². The molecule has 0 saturated carbocycles. The fourth-order valence-electron chi connectivity index (χ4n) is 3.65. The standard InChI is InChI=1S/C23H23NO7S/c1-15-8-10-18(11-9-15)32(27,28)24(23(26)29-14-17-6-4-3-5-7-17)19-12-13-20(30-16(2)25)22-21(19)31-22/h3-11,13,19,21-22H,12,14H2,1-2H3/t19-,21+,22-/m1/s1. The van der Waals surface area contributed by atoms with Crippen molar-refractivity contribution in [1.29, 1.82) is 0 Å². The maximum absolute atomic E-state index is 13.5. The topological polar surface area (TPSA) is 103 Å². The Hall–Kier alpha value is -3.17. The molecule has 0 N–H and O–H groups in total. The summed E-state index contributed by atoms with van der Waals surface area (Å²) in [5.74, 6) is -0.153. The Morgan fingerprint density at radius 2 is 1.78 bits per heavy atom. The molecule has 1 saturated heterocycles. The lowest BCUT2D eigenvalue weighted by atomic mass is 10.0. The van der Waals surface area contributed by atoms with Gasteiger partial charge in [0.2, 0.25) is 0 Å². The Morgan fingerprint density at radius 1 is 1.09 bits per heavy atom. The highest BCUT2D eigenvalue weighted by Crippen LogP contribution is 2.42. The SMILES string of the molecule is CC(=O)OC1=CC[C@@H](N(C(=O)OCc2ccccc2)S(=O)(=O)c2ccc(C)cc2)[C@@H]2O[C@H]12. The van der Waals surface area contributed by atoms with Gasteiger partial charge in [-0.15, -0.1) is 0 Å². The van der Waals surface area contributed by atoms with Crippen molar-refractivity contribution in [2.24, 2.45) is 0 Å². The summed E-state index contributed by atoms with van der Waals surface area (Å²) in [6.07, 6.45) is -0.454. The molecule has 1 aliphatic carbocycles. The predicted molar refractivity (Wildman–Crippen MR) is 114 cm³/mol. The van der Waals surface area contributed by atoms with E-state index in [1.165, 1.54) is 19.1 Å². The largest absolute Gasteiger partial charge is 0.444 e. The molecule has 0 bridgehead atoms. The van der Waals surface area contributed by atoms with Crippen molar-refractivity contribution >= 4 is 22.1 Å². The number of ether oxygens (including phenoxy) is 3. The molecule has 3 atom stereocenters. The molecule has 1 fully saturated rings. The zero-order valence-electron chi connectivity index (χ0n) is 17.6. The number of sulfonamides is 1. The van der Waals surface area contributed by atoms with E-state index in [1.807, 2.05) is 13.0 Å².